The van der Waals surface area contributed by atoms with Crippen molar-refractivity contribution in [1.82, 2.24) is 50.7 Å². The number of rotatable bonds is 44. The molecule has 20 atom stereocenters. The summed E-state index contributed by atoms with van der Waals surface area (Å²) < 4.78 is 29.7. The number of carbonyl (C=O) groups excluding carboxylic acids is 11. The summed E-state index contributed by atoms with van der Waals surface area (Å²) in [6.45, 7) is 30.5. The molecule has 4 rings (SSSR count). The Bertz CT molecular complexity index is 3420. The van der Waals surface area contributed by atoms with Crippen LogP contribution in [0, 0.1) is 53.3 Å². The molecule has 0 aromatic heterocycles. The standard InChI is InChI=1S/C85H138N10O18/c1-25-53(12)73(65(109-22)44-67(97)94-42-34-40-63(94)62(46-96)55(14)78(101)86-57(16)75(99)60-36-30-28-31-37-60)90(18)82(105)69(49(4)5)88-80(103)71(51(8)9)92(20)84(107)112-47-59(27-3)48-113-85(108)93(21)72(52(10)11)81(104)89-70(50(6)7)83(106)91(19)74(54(13)26-2)66(110-23)45-68(98)95-43-35-41-64(95)77(111-24)56(15)79(102)87-58(17)76(100)61-38-32-29-33-39-61/h27-33,36-39,46,49-58,62-66,69-77,99-100H,25-26,34-35,40-45,47-48H2,1-24H3,(H,86,101)(H,87,102)(H,88,103)(H,89,104)/b59-27-/t53-,54-,55+,56+,57+,58+,62+,63-,64-,65+,66+,69-,70-,71-,72-,73-,74-,75+,76+,77+/m0/s1. The maximum Gasteiger partial charge on any atom is 0.410 e. The molecule has 2 saturated heterocycles. The van der Waals surface area contributed by atoms with E-state index in [4.69, 9.17) is 23.7 Å². The SMILES string of the molecule is C/C=C(/COC(=O)N(C)[C@H](C(=O)N[C@H](C(=O)N(C)[C@@H]([C@@H](C)CC)[C@@H](CC(=O)N1CCC[C@H]1[C@H](C=O)[C@@H](C)C(=O)N[C@H](C)[C@@H](O)c1ccccc1)OC)C(C)C)C(C)C)COC(=O)N(C)[C@H](C(=O)N[C@H](C(=O)N(C)[C@@H]([C@@H](C)CC)[C@@H](CC(=O)N1CCC[C@H]1[C@H](OC)[C@@H](C)C(=O)N[C@H](C)[C@@H](O)c1ccccc1)OC)C(C)C)C(C)C. The number of aliphatic hydroxyl groups excluding tert-OH is 2. The van der Waals surface area contributed by atoms with Gasteiger partial charge in [0.05, 0.1) is 79.5 Å². The molecule has 2 aliphatic rings. The first kappa shape index (κ1) is 97.3. The van der Waals surface area contributed by atoms with Gasteiger partial charge in [0, 0.05) is 86.1 Å². The number of likely N-dealkylation sites (N-methyl/N-ethyl adjacent to an activating group) is 4. The Labute approximate surface area is 672 Å². The molecule has 6 N–H and O–H groups in total. The number of ether oxygens (including phenoxy) is 5. The second kappa shape index (κ2) is 46.5. The largest absolute Gasteiger partial charge is 0.445 e. The molecular formula is C85H138N10O18. The summed E-state index contributed by atoms with van der Waals surface area (Å²) in [5.41, 5.74) is 1.65. The van der Waals surface area contributed by atoms with Gasteiger partial charge in [-0.15, -0.1) is 0 Å². The fourth-order valence-electron chi connectivity index (χ4n) is 16.0. The van der Waals surface area contributed by atoms with Crippen LogP contribution in [0.15, 0.2) is 72.3 Å². The van der Waals surface area contributed by atoms with Crippen molar-refractivity contribution in [2.75, 3.05) is 75.8 Å². The molecule has 0 aliphatic carbocycles. The second-order valence-electron chi connectivity index (χ2n) is 32.6. The topological polar surface area (TPSA) is 342 Å². The number of aldehydes is 1. The lowest BCUT2D eigenvalue weighted by molar-refractivity contribution is -0.148. The lowest BCUT2D eigenvalue weighted by Crippen LogP contribution is -2.60. The molecule has 113 heavy (non-hydrogen) atoms. The van der Waals surface area contributed by atoms with E-state index in [1.807, 2.05) is 52.0 Å². The summed E-state index contributed by atoms with van der Waals surface area (Å²) in [5, 5.41) is 33.7. The molecule has 2 aliphatic heterocycles. The van der Waals surface area contributed by atoms with Gasteiger partial charge in [0.25, 0.3) is 0 Å². The summed E-state index contributed by atoms with van der Waals surface area (Å²) in [5.74, 6) is -8.22. The Kier molecular flexibility index (Phi) is 40.0. The number of hydrogen-bond donors (Lipinski definition) is 6. The van der Waals surface area contributed by atoms with Crippen molar-refractivity contribution in [3.63, 3.8) is 0 Å². The number of likely N-dealkylation sites (tertiary alicyclic amines) is 2. The Morgan fingerprint density at radius 1 is 0.496 bits per heavy atom. The molecule has 636 valence electrons. The van der Waals surface area contributed by atoms with E-state index in [-0.39, 0.29) is 55.6 Å². The van der Waals surface area contributed by atoms with Crippen LogP contribution in [-0.2, 0) is 66.8 Å². The molecule has 0 radical (unpaired) electrons. The van der Waals surface area contributed by atoms with Crippen LogP contribution in [0.3, 0.4) is 0 Å². The molecule has 2 aromatic carbocycles. The maximum atomic E-state index is 14.9. The molecule has 0 bridgehead atoms. The van der Waals surface area contributed by atoms with Gasteiger partial charge in [0.2, 0.25) is 47.3 Å². The first-order valence-electron chi connectivity index (χ1n) is 40.5. The average molecular weight is 1590 g/mol. The van der Waals surface area contributed by atoms with E-state index in [1.54, 1.807) is 161 Å². The van der Waals surface area contributed by atoms with Gasteiger partial charge >= 0.3 is 12.2 Å². The lowest BCUT2D eigenvalue weighted by Gasteiger charge is -2.41. The third kappa shape index (κ3) is 26.0. The van der Waals surface area contributed by atoms with E-state index in [1.165, 1.54) is 40.3 Å². The number of benzene rings is 2. The summed E-state index contributed by atoms with van der Waals surface area (Å²) in [6.07, 6.45) is -0.481. The monoisotopic (exact) mass is 1590 g/mol. The maximum absolute atomic E-state index is 14.9. The van der Waals surface area contributed by atoms with Crippen molar-refractivity contribution in [2.24, 2.45) is 53.3 Å². The first-order valence-corrected chi connectivity index (χ1v) is 40.5. The van der Waals surface area contributed by atoms with Crippen molar-refractivity contribution in [3.05, 3.63) is 83.4 Å². The van der Waals surface area contributed by atoms with E-state index in [2.05, 4.69) is 21.3 Å². The quantitative estimate of drug-likeness (QED) is 0.0267. The minimum atomic E-state index is -1.15. The fraction of sp³-hybridized carbons (Fsp3) is 0.706. The number of aliphatic hydroxyl groups is 2. The number of methoxy groups -OCH3 is 3. The smallest absolute Gasteiger partial charge is 0.410 e. The van der Waals surface area contributed by atoms with E-state index in [0.29, 0.717) is 68.3 Å². The summed E-state index contributed by atoms with van der Waals surface area (Å²) in [4.78, 5) is 165. The zero-order valence-electron chi connectivity index (χ0n) is 71.9. The molecule has 2 fully saturated rings. The fourth-order valence-corrected chi connectivity index (χ4v) is 16.0. The summed E-state index contributed by atoms with van der Waals surface area (Å²) in [6, 6.07) is 9.81. The molecule has 28 nitrogen and oxygen atoms in total. The number of amides is 10. The molecule has 2 aromatic rings. The van der Waals surface area contributed by atoms with Crippen LogP contribution in [0.5, 0.6) is 0 Å². The van der Waals surface area contributed by atoms with E-state index in [0.717, 1.165) is 16.1 Å². The predicted molar refractivity (Wildman–Crippen MR) is 432 cm³/mol. The third-order valence-corrected chi connectivity index (χ3v) is 23.4. The summed E-state index contributed by atoms with van der Waals surface area (Å²) in [7, 11) is 10.5. The minimum absolute atomic E-state index is 0.106. The Morgan fingerprint density at radius 2 is 0.858 bits per heavy atom. The van der Waals surface area contributed by atoms with Crippen LogP contribution in [0.4, 0.5) is 9.59 Å². The average Bonchev–Trinajstić information content (AvgIpc) is 1.02. The van der Waals surface area contributed by atoms with Crippen LogP contribution in [0.1, 0.15) is 192 Å². The summed E-state index contributed by atoms with van der Waals surface area (Å²) >= 11 is 0. The van der Waals surface area contributed by atoms with Crippen LogP contribution in [0.25, 0.3) is 0 Å². The van der Waals surface area contributed by atoms with Crippen molar-refractivity contribution < 1.29 is 86.6 Å². The van der Waals surface area contributed by atoms with Crippen LogP contribution < -0.4 is 21.3 Å². The zero-order valence-corrected chi connectivity index (χ0v) is 71.9. The molecule has 0 saturated carbocycles. The highest BCUT2D eigenvalue weighted by molar-refractivity contribution is 5.93. The number of nitrogens with zero attached hydrogens (tertiary/aromatic N) is 6. The van der Waals surface area contributed by atoms with Gasteiger partial charge in [-0.1, -0.05) is 177 Å². The number of hydrogen-bond acceptors (Lipinski definition) is 18. The highest BCUT2D eigenvalue weighted by Crippen LogP contribution is 2.34. The highest BCUT2D eigenvalue weighted by Gasteiger charge is 2.47. The third-order valence-electron chi connectivity index (χ3n) is 23.4. The van der Waals surface area contributed by atoms with E-state index >= 15 is 0 Å². The number of allylic oxidation sites excluding steroid dienone is 1. The van der Waals surface area contributed by atoms with Crippen LogP contribution in [-0.4, -0.2) is 260 Å². The van der Waals surface area contributed by atoms with E-state index in [9.17, 15) is 63.0 Å². The van der Waals surface area contributed by atoms with Crippen LogP contribution >= 0.6 is 0 Å². The van der Waals surface area contributed by atoms with Crippen molar-refractivity contribution in [2.45, 2.75) is 260 Å². The van der Waals surface area contributed by atoms with Crippen molar-refractivity contribution in [1.29, 1.82) is 0 Å². The van der Waals surface area contributed by atoms with Gasteiger partial charge in [0.15, 0.2) is 0 Å². The minimum Gasteiger partial charge on any atom is -0.445 e. The first-order chi connectivity index (χ1) is 53.3. The Balaban J connectivity index is 1.40. The lowest BCUT2D eigenvalue weighted by atomic mass is 9.85. The van der Waals surface area contributed by atoms with Gasteiger partial charge in [0.1, 0.15) is 43.7 Å². The second-order valence-corrected chi connectivity index (χ2v) is 32.6. The normalized spacial score (nSPS) is 19.4. The Hall–Kier alpha value is -8.05. The Morgan fingerprint density at radius 3 is 1.19 bits per heavy atom. The van der Waals surface area contributed by atoms with Gasteiger partial charge in [-0.05, 0) is 93.1 Å². The number of nitrogens with one attached hydrogen (secondary N) is 4. The molecule has 0 spiro atoms. The number of carbonyl (C=O) groups is 11. The highest BCUT2D eigenvalue weighted by atomic mass is 16.6. The molecular weight excluding hydrogens is 1450 g/mol. The van der Waals surface area contributed by atoms with Crippen molar-refractivity contribution in [3.8, 4) is 0 Å². The van der Waals surface area contributed by atoms with Gasteiger partial charge < -0.3 is 79.6 Å². The van der Waals surface area contributed by atoms with Gasteiger partial charge in [-0.2, -0.15) is 0 Å². The molecule has 10 amide bonds. The van der Waals surface area contributed by atoms with Crippen LogP contribution in [0.2, 0.25) is 0 Å². The predicted octanol–water partition coefficient (Wildman–Crippen LogP) is 8.52. The molecule has 0 unspecified atom stereocenters. The van der Waals surface area contributed by atoms with Crippen molar-refractivity contribution >= 4 is 65.7 Å². The zero-order chi connectivity index (χ0) is 85.2. The van der Waals surface area contributed by atoms with E-state index < -0.39 is 174 Å². The molecule has 2 heterocycles. The van der Waals surface area contributed by atoms with Gasteiger partial charge in [-0.3, -0.25) is 48.2 Å². The molecule has 28 heteroatoms. The van der Waals surface area contributed by atoms with Gasteiger partial charge in [-0.25, -0.2) is 9.59 Å².